The molecular weight excluding hydrogens is 459 g/mol. The molecule has 10 heteroatoms. The van der Waals surface area contributed by atoms with E-state index in [1.807, 2.05) is 6.07 Å². The fraction of sp³-hybridized carbons (Fsp3) is 0.440. The number of piperidine rings is 1. The number of halogens is 3. The fourth-order valence-corrected chi connectivity index (χ4v) is 4.59. The second-order valence-corrected chi connectivity index (χ2v) is 9.10. The molecule has 0 bridgehead atoms. The molecule has 0 unspecified atom stereocenters. The summed E-state index contributed by atoms with van der Waals surface area (Å²) in [6.45, 7) is 1.22. The fourth-order valence-electron chi connectivity index (χ4n) is 4.59. The Hall–Kier alpha value is -3.27. The highest BCUT2D eigenvalue weighted by molar-refractivity contribution is 5.99. The van der Waals surface area contributed by atoms with Crippen molar-refractivity contribution in [2.24, 2.45) is 0 Å². The van der Waals surface area contributed by atoms with E-state index in [2.05, 4.69) is 20.1 Å². The minimum atomic E-state index is -2.86. The molecule has 2 aromatic heterocycles. The van der Waals surface area contributed by atoms with Crippen LogP contribution in [0.25, 0.3) is 11.5 Å². The van der Waals surface area contributed by atoms with Gasteiger partial charge in [0.1, 0.15) is 0 Å². The van der Waals surface area contributed by atoms with E-state index in [0.717, 1.165) is 12.8 Å². The second-order valence-electron chi connectivity index (χ2n) is 9.10. The molecule has 1 amide bonds. The van der Waals surface area contributed by atoms with Gasteiger partial charge in [-0.1, -0.05) is 24.6 Å². The second kappa shape index (κ2) is 9.77. The van der Waals surface area contributed by atoms with Gasteiger partial charge in [0.05, 0.1) is 17.8 Å². The Bertz CT molecular complexity index is 1140. The van der Waals surface area contributed by atoms with Crippen LogP contribution in [0.2, 0.25) is 0 Å². The largest absolute Gasteiger partial charge is 0.415 e. The number of aromatic nitrogens is 3. The van der Waals surface area contributed by atoms with Crippen molar-refractivity contribution in [3.8, 4) is 11.5 Å². The average Bonchev–Trinajstić information content (AvgIpc) is 3.34. The molecule has 35 heavy (non-hydrogen) atoms. The van der Waals surface area contributed by atoms with Crippen molar-refractivity contribution in [2.75, 3.05) is 18.0 Å². The molecular formula is C25H26F3N5O2. The van der Waals surface area contributed by atoms with Gasteiger partial charge >= 0.3 is 6.43 Å². The van der Waals surface area contributed by atoms with Crippen LogP contribution in [-0.2, 0) is 11.3 Å². The Labute approximate surface area is 201 Å². The van der Waals surface area contributed by atoms with Gasteiger partial charge in [0.15, 0.2) is 5.67 Å². The average molecular weight is 486 g/mol. The number of carbonyl (C=O) groups excluding carboxylic acids is 1. The number of likely N-dealkylation sites (tertiary alicyclic amines) is 1. The van der Waals surface area contributed by atoms with Gasteiger partial charge < -0.3 is 14.2 Å². The van der Waals surface area contributed by atoms with Crippen molar-refractivity contribution in [1.29, 1.82) is 0 Å². The van der Waals surface area contributed by atoms with E-state index in [0.29, 0.717) is 36.1 Å². The Morgan fingerprint density at radius 2 is 1.86 bits per heavy atom. The first-order valence-corrected chi connectivity index (χ1v) is 11.8. The summed E-state index contributed by atoms with van der Waals surface area (Å²) >= 11 is 0. The summed E-state index contributed by atoms with van der Waals surface area (Å²) in [5, 5.41) is 6.94. The van der Waals surface area contributed by atoms with Gasteiger partial charge in [-0.2, -0.15) is 8.78 Å². The van der Waals surface area contributed by atoms with E-state index in [1.165, 1.54) is 17.5 Å². The van der Waals surface area contributed by atoms with Crippen molar-refractivity contribution < 1.29 is 22.4 Å². The molecule has 2 aliphatic rings. The zero-order valence-electron chi connectivity index (χ0n) is 19.1. The minimum absolute atomic E-state index is 0.0628. The summed E-state index contributed by atoms with van der Waals surface area (Å²) in [5.41, 5.74) is -0.475. The first-order chi connectivity index (χ1) is 16.9. The SMILES string of the molecule is O=C(N(Cc1ccc(-c2nnc(C(F)F)o2)cn1)c1ccccc1)C1(F)CCN(C2CCC2)CC1. The molecule has 1 saturated heterocycles. The van der Waals surface area contributed by atoms with E-state index in [4.69, 9.17) is 4.42 Å². The number of pyridine rings is 1. The quantitative estimate of drug-likeness (QED) is 0.471. The van der Waals surface area contributed by atoms with Gasteiger partial charge in [-0.15, -0.1) is 10.2 Å². The summed E-state index contributed by atoms with van der Waals surface area (Å²) in [4.78, 5) is 21.6. The Morgan fingerprint density at radius 3 is 2.43 bits per heavy atom. The third-order valence-corrected chi connectivity index (χ3v) is 6.90. The van der Waals surface area contributed by atoms with Gasteiger partial charge in [-0.3, -0.25) is 9.78 Å². The van der Waals surface area contributed by atoms with Crippen LogP contribution in [0, 0.1) is 0 Å². The summed E-state index contributed by atoms with van der Waals surface area (Å²) < 4.78 is 46.4. The van der Waals surface area contributed by atoms with Gasteiger partial charge in [0.25, 0.3) is 11.8 Å². The number of carbonyl (C=O) groups is 1. The van der Waals surface area contributed by atoms with Crippen LogP contribution in [0.3, 0.4) is 0 Å². The van der Waals surface area contributed by atoms with E-state index in [-0.39, 0.29) is 25.3 Å². The predicted octanol–water partition coefficient (Wildman–Crippen LogP) is 4.96. The lowest BCUT2D eigenvalue weighted by Crippen LogP contribution is -2.55. The standard InChI is InChI=1S/C25H26F3N5O2/c26-21(27)23-31-30-22(35-23)17-9-10-18(29-15-17)16-33(20-5-2-1-3-6-20)24(34)25(28)11-13-32(14-12-25)19-7-4-8-19/h1-3,5-6,9-10,15,19,21H,4,7-8,11-14,16H2. The molecule has 0 N–H and O–H groups in total. The zero-order chi connectivity index (χ0) is 24.4. The number of alkyl halides is 3. The highest BCUT2D eigenvalue weighted by Gasteiger charge is 2.46. The molecule has 1 aromatic carbocycles. The maximum Gasteiger partial charge on any atom is 0.314 e. The molecule has 184 valence electrons. The third-order valence-electron chi connectivity index (χ3n) is 6.90. The third kappa shape index (κ3) is 4.93. The molecule has 0 atom stereocenters. The molecule has 2 fully saturated rings. The smallest absolute Gasteiger partial charge is 0.314 e. The number of amides is 1. The predicted molar refractivity (Wildman–Crippen MR) is 122 cm³/mol. The van der Waals surface area contributed by atoms with Gasteiger partial charge in [0.2, 0.25) is 5.89 Å². The van der Waals surface area contributed by atoms with Crippen LogP contribution < -0.4 is 4.90 Å². The summed E-state index contributed by atoms with van der Waals surface area (Å²) in [7, 11) is 0. The number of rotatable bonds is 7. The number of benzene rings is 1. The van der Waals surface area contributed by atoms with Crippen LogP contribution in [0.15, 0.2) is 53.1 Å². The maximum atomic E-state index is 16.0. The highest BCUT2D eigenvalue weighted by Crippen LogP contribution is 2.35. The lowest BCUT2D eigenvalue weighted by molar-refractivity contribution is -0.134. The van der Waals surface area contributed by atoms with E-state index >= 15 is 4.39 Å². The summed E-state index contributed by atoms with van der Waals surface area (Å²) in [6, 6.07) is 12.7. The van der Waals surface area contributed by atoms with E-state index in [9.17, 15) is 13.6 Å². The van der Waals surface area contributed by atoms with Gasteiger partial charge in [-0.05, 0) is 37.1 Å². The van der Waals surface area contributed by atoms with Crippen molar-refractivity contribution in [3.05, 3.63) is 60.2 Å². The van der Waals surface area contributed by atoms with Crippen LogP contribution in [-0.4, -0.2) is 50.8 Å². The van der Waals surface area contributed by atoms with Crippen molar-refractivity contribution in [3.63, 3.8) is 0 Å². The van der Waals surface area contributed by atoms with E-state index in [1.54, 1.807) is 36.4 Å². The molecule has 3 heterocycles. The number of para-hydroxylation sites is 1. The van der Waals surface area contributed by atoms with Gasteiger partial charge in [0, 0.05) is 43.9 Å². The number of nitrogens with zero attached hydrogens (tertiary/aromatic N) is 5. The molecule has 1 saturated carbocycles. The summed E-state index contributed by atoms with van der Waals surface area (Å²) in [6.07, 6.45) is 2.41. The molecule has 5 rings (SSSR count). The van der Waals surface area contributed by atoms with Crippen molar-refractivity contribution in [1.82, 2.24) is 20.1 Å². The van der Waals surface area contributed by atoms with Crippen LogP contribution in [0.1, 0.15) is 50.1 Å². The number of hydrogen-bond donors (Lipinski definition) is 0. The highest BCUT2D eigenvalue weighted by atomic mass is 19.3. The first kappa shape index (κ1) is 23.5. The number of anilines is 1. The Morgan fingerprint density at radius 1 is 1.11 bits per heavy atom. The van der Waals surface area contributed by atoms with Crippen molar-refractivity contribution in [2.45, 2.75) is 56.8 Å². The molecule has 1 aliphatic carbocycles. The molecule has 7 nitrogen and oxygen atoms in total. The van der Waals surface area contributed by atoms with Crippen LogP contribution in [0.4, 0.5) is 18.9 Å². The Balaban J connectivity index is 1.33. The number of hydrogen-bond acceptors (Lipinski definition) is 6. The topological polar surface area (TPSA) is 75.4 Å². The van der Waals surface area contributed by atoms with E-state index < -0.39 is 23.9 Å². The van der Waals surface area contributed by atoms with Crippen LogP contribution in [0.5, 0.6) is 0 Å². The van der Waals surface area contributed by atoms with Gasteiger partial charge in [-0.25, -0.2) is 4.39 Å². The maximum absolute atomic E-state index is 16.0. The normalized spacial score (nSPS) is 18.4. The zero-order valence-corrected chi connectivity index (χ0v) is 19.1. The molecule has 1 aliphatic heterocycles. The minimum Gasteiger partial charge on any atom is -0.415 e. The molecule has 0 spiro atoms. The lowest BCUT2D eigenvalue weighted by Gasteiger charge is -2.44. The summed E-state index contributed by atoms with van der Waals surface area (Å²) in [5.74, 6) is -1.40. The van der Waals surface area contributed by atoms with Crippen molar-refractivity contribution >= 4 is 11.6 Å². The molecule has 0 radical (unpaired) electrons. The Kier molecular flexibility index (Phi) is 6.55. The molecule has 3 aromatic rings. The lowest BCUT2D eigenvalue weighted by atomic mass is 9.86. The van der Waals surface area contributed by atoms with Crippen LogP contribution >= 0.6 is 0 Å². The monoisotopic (exact) mass is 485 g/mol. The first-order valence-electron chi connectivity index (χ1n) is 11.8.